The predicted molar refractivity (Wildman–Crippen MR) is 78.8 cm³/mol. The van der Waals surface area contributed by atoms with E-state index in [1.165, 1.54) is 0 Å². The number of nitrogens with zero attached hydrogens (tertiary/aromatic N) is 3. The first-order chi connectivity index (χ1) is 10.3. The second-order valence-corrected chi connectivity index (χ2v) is 5.16. The van der Waals surface area contributed by atoms with Crippen molar-refractivity contribution in [1.82, 2.24) is 25.4 Å². The Morgan fingerprint density at radius 2 is 2.33 bits per heavy atom. The smallest absolute Gasteiger partial charge is 0.237 e. The molecule has 0 radical (unpaired) electrons. The van der Waals surface area contributed by atoms with E-state index in [9.17, 15) is 4.79 Å². The van der Waals surface area contributed by atoms with Gasteiger partial charge in [0.05, 0.1) is 6.04 Å². The molecule has 2 aromatic heterocycles. The summed E-state index contributed by atoms with van der Waals surface area (Å²) in [5.74, 6) is 0.810. The van der Waals surface area contributed by atoms with Crippen LogP contribution in [-0.2, 0) is 11.3 Å². The molecule has 2 aromatic rings. The Morgan fingerprint density at radius 3 is 3.10 bits per heavy atom. The summed E-state index contributed by atoms with van der Waals surface area (Å²) in [7, 11) is 0. The topological polar surface area (TPSA) is 71.8 Å². The molecule has 6 heteroatoms. The fraction of sp³-hybridized carbons (Fsp3) is 0.400. The van der Waals surface area contributed by atoms with Crippen molar-refractivity contribution in [2.24, 2.45) is 0 Å². The molecule has 1 fully saturated rings. The van der Waals surface area contributed by atoms with E-state index in [-0.39, 0.29) is 11.9 Å². The molecule has 1 aliphatic rings. The van der Waals surface area contributed by atoms with E-state index in [4.69, 9.17) is 0 Å². The average Bonchev–Trinajstić information content (AvgIpc) is 3.08. The zero-order chi connectivity index (χ0) is 14.5. The van der Waals surface area contributed by atoms with Gasteiger partial charge in [-0.2, -0.15) is 5.10 Å². The number of pyridine rings is 1. The molecular weight excluding hydrogens is 266 g/mol. The van der Waals surface area contributed by atoms with Crippen molar-refractivity contribution in [3.8, 4) is 5.82 Å². The molecular formula is C15H19N5O. The van der Waals surface area contributed by atoms with Crippen LogP contribution in [0.4, 0.5) is 0 Å². The molecule has 6 nitrogen and oxygen atoms in total. The second kappa shape index (κ2) is 6.49. The van der Waals surface area contributed by atoms with Gasteiger partial charge < -0.3 is 10.6 Å². The molecule has 0 bridgehead atoms. The van der Waals surface area contributed by atoms with Crippen LogP contribution in [0.5, 0.6) is 0 Å². The van der Waals surface area contributed by atoms with Gasteiger partial charge in [-0.15, -0.1) is 0 Å². The first kappa shape index (κ1) is 13.8. The van der Waals surface area contributed by atoms with Gasteiger partial charge in [0, 0.05) is 30.7 Å². The molecule has 3 heterocycles. The minimum atomic E-state index is -0.0661. The van der Waals surface area contributed by atoms with Crippen molar-refractivity contribution >= 4 is 5.91 Å². The number of rotatable bonds is 4. The number of carbonyl (C=O) groups excluding carboxylic acids is 1. The molecule has 1 amide bonds. The minimum Gasteiger partial charge on any atom is -0.351 e. The summed E-state index contributed by atoms with van der Waals surface area (Å²) in [6.07, 6.45) is 8.45. The van der Waals surface area contributed by atoms with Gasteiger partial charge in [0.15, 0.2) is 5.82 Å². The van der Waals surface area contributed by atoms with E-state index < -0.39 is 0 Å². The first-order valence-corrected chi connectivity index (χ1v) is 7.29. The van der Waals surface area contributed by atoms with Gasteiger partial charge in [-0.05, 0) is 31.5 Å². The number of aromatic nitrogens is 3. The largest absolute Gasteiger partial charge is 0.351 e. The minimum absolute atomic E-state index is 0.0602. The Morgan fingerprint density at radius 1 is 1.38 bits per heavy atom. The fourth-order valence-electron chi connectivity index (χ4n) is 2.55. The standard InChI is InChI=1S/C15H19N5O/c21-15(13-6-1-2-7-16-13)18-11-12-5-3-8-17-14(12)20-10-4-9-19-20/h3-5,8-10,13,16H,1-2,6-7,11H2,(H,18,21). The fourth-order valence-corrected chi connectivity index (χ4v) is 2.55. The lowest BCUT2D eigenvalue weighted by Gasteiger charge is -2.22. The molecule has 1 unspecified atom stereocenters. The highest BCUT2D eigenvalue weighted by molar-refractivity contribution is 5.81. The van der Waals surface area contributed by atoms with E-state index in [1.807, 2.05) is 24.4 Å². The van der Waals surface area contributed by atoms with E-state index in [2.05, 4.69) is 20.7 Å². The van der Waals surface area contributed by atoms with Crippen molar-refractivity contribution < 1.29 is 4.79 Å². The van der Waals surface area contributed by atoms with Crippen LogP contribution in [0.25, 0.3) is 5.82 Å². The molecule has 1 aliphatic heterocycles. The van der Waals surface area contributed by atoms with Crippen molar-refractivity contribution in [2.75, 3.05) is 6.54 Å². The maximum atomic E-state index is 12.2. The van der Waals surface area contributed by atoms with Gasteiger partial charge >= 0.3 is 0 Å². The van der Waals surface area contributed by atoms with Crippen LogP contribution in [0, 0.1) is 0 Å². The zero-order valence-electron chi connectivity index (χ0n) is 11.8. The van der Waals surface area contributed by atoms with E-state index >= 15 is 0 Å². The zero-order valence-corrected chi connectivity index (χ0v) is 11.8. The van der Waals surface area contributed by atoms with Gasteiger partial charge in [-0.25, -0.2) is 9.67 Å². The molecule has 3 rings (SSSR count). The van der Waals surface area contributed by atoms with Crippen LogP contribution in [0.2, 0.25) is 0 Å². The van der Waals surface area contributed by atoms with Crippen LogP contribution in [0.3, 0.4) is 0 Å². The number of hydrogen-bond donors (Lipinski definition) is 2. The highest BCUT2D eigenvalue weighted by atomic mass is 16.2. The van der Waals surface area contributed by atoms with Gasteiger partial charge in [0.2, 0.25) is 5.91 Å². The summed E-state index contributed by atoms with van der Waals surface area (Å²) in [6.45, 7) is 1.38. The van der Waals surface area contributed by atoms with Crippen molar-refractivity contribution in [3.05, 3.63) is 42.4 Å². The van der Waals surface area contributed by atoms with Gasteiger partial charge in [-0.3, -0.25) is 4.79 Å². The Kier molecular flexibility index (Phi) is 4.25. The molecule has 0 aromatic carbocycles. The molecule has 1 saturated heterocycles. The number of amides is 1. The average molecular weight is 285 g/mol. The summed E-state index contributed by atoms with van der Waals surface area (Å²) in [5, 5.41) is 10.4. The predicted octanol–water partition coefficient (Wildman–Crippen LogP) is 1.03. The van der Waals surface area contributed by atoms with Crippen molar-refractivity contribution in [3.63, 3.8) is 0 Å². The van der Waals surface area contributed by atoms with E-state index in [0.29, 0.717) is 6.54 Å². The maximum absolute atomic E-state index is 12.2. The Hall–Kier alpha value is -2.21. The Bertz CT molecular complexity index is 590. The molecule has 2 N–H and O–H groups in total. The van der Waals surface area contributed by atoms with Crippen LogP contribution in [0.1, 0.15) is 24.8 Å². The summed E-state index contributed by atoms with van der Waals surface area (Å²) < 4.78 is 1.71. The lowest BCUT2D eigenvalue weighted by molar-refractivity contribution is -0.123. The number of piperidine rings is 1. The number of nitrogens with one attached hydrogen (secondary N) is 2. The normalized spacial score (nSPS) is 18.4. The second-order valence-electron chi connectivity index (χ2n) is 5.16. The number of carbonyl (C=O) groups is 1. The van der Waals surface area contributed by atoms with Crippen molar-refractivity contribution in [1.29, 1.82) is 0 Å². The van der Waals surface area contributed by atoms with E-state index in [1.54, 1.807) is 17.1 Å². The third-order valence-electron chi connectivity index (χ3n) is 3.67. The van der Waals surface area contributed by atoms with Gasteiger partial charge in [-0.1, -0.05) is 12.5 Å². The lowest BCUT2D eigenvalue weighted by atomic mass is 10.0. The van der Waals surface area contributed by atoms with Crippen LogP contribution in [0.15, 0.2) is 36.8 Å². The Labute approximate surface area is 123 Å². The summed E-state index contributed by atoms with van der Waals surface area (Å²) in [6, 6.07) is 5.61. The number of hydrogen-bond acceptors (Lipinski definition) is 4. The summed E-state index contributed by atoms with van der Waals surface area (Å²) in [4.78, 5) is 16.5. The molecule has 110 valence electrons. The van der Waals surface area contributed by atoms with E-state index in [0.717, 1.165) is 37.2 Å². The van der Waals surface area contributed by atoms with Crippen LogP contribution >= 0.6 is 0 Å². The monoisotopic (exact) mass is 285 g/mol. The highest BCUT2D eigenvalue weighted by Gasteiger charge is 2.20. The maximum Gasteiger partial charge on any atom is 0.237 e. The molecule has 0 aliphatic carbocycles. The van der Waals surface area contributed by atoms with Crippen molar-refractivity contribution in [2.45, 2.75) is 31.8 Å². The SMILES string of the molecule is O=C(NCc1cccnc1-n1cccn1)C1CCCCN1. The quantitative estimate of drug-likeness (QED) is 0.880. The molecule has 0 spiro atoms. The lowest BCUT2D eigenvalue weighted by Crippen LogP contribution is -2.46. The third kappa shape index (κ3) is 3.28. The summed E-state index contributed by atoms with van der Waals surface area (Å²) >= 11 is 0. The highest BCUT2D eigenvalue weighted by Crippen LogP contribution is 2.11. The van der Waals surface area contributed by atoms with Crippen LogP contribution < -0.4 is 10.6 Å². The third-order valence-corrected chi connectivity index (χ3v) is 3.67. The van der Waals surface area contributed by atoms with Crippen LogP contribution in [-0.4, -0.2) is 33.3 Å². The first-order valence-electron chi connectivity index (χ1n) is 7.29. The molecule has 1 atom stereocenters. The summed E-state index contributed by atoms with van der Waals surface area (Å²) in [5.41, 5.74) is 0.949. The molecule has 21 heavy (non-hydrogen) atoms. The Balaban J connectivity index is 1.66. The van der Waals surface area contributed by atoms with Gasteiger partial charge in [0.25, 0.3) is 0 Å². The molecule has 0 saturated carbocycles. The van der Waals surface area contributed by atoms with Gasteiger partial charge in [0.1, 0.15) is 0 Å².